The predicted molar refractivity (Wildman–Crippen MR) is 95.6 cm³/mol. The minimum atomic E-state index is -0.275. The number of fused-ring (bicyclic) bond motifs is 1. The van der Waals surface area contributed by atoms with Crippen molar-refractivity contribution in [2.45, 2.75) is 25.9 Å². The van der Waals surface area contributed by atoms with Crippen molar-refractivity contribution in [1.29, 1.82) is 0 Å². The minimum absolute atomic E-state index is 0.0326. The molecule has 1 amide bonds. The molecule has 0 bridgehead atoms. The lowest BCUT2D eigenvalue weighted by molar-refractivity contribution is -0.116. The molecule has 0 fully saturated rings. The molecule has 1 aliphatic rings. The molecule has 2 N–H and O–H groups in total. The molecule has 2 heterocycles. The first kappa shape index (κ1) is 16.3. The Bertz CT molecular complexity index is 950. The number of amides is 1. The number of carbonyl (C=O) groups excluding carboxylic acids is 1. The van der Waals surface area contributed by atoms with Gasteiger partial charge >= 0.3 is 0 Å². The van der Waals surface area contributed by atoms with Gasteiger partial charge in [0.2, 0.25) is 5.91 Å². The van der Waals surface area contributed by atoms with Crippen LogP contribution in [0.25, 0.3) is 0 Å². The van der Waals surface area contributed by atoms with E-state index >= 15 is 0 Å². The first-order valence-corrected chi connectivity index (χ1v) is 8.42. The number of nitrogens with zero attached hydrogens (tertiary/aromatic N) is 1. The first-order chi connectivity index (χ1) is 12.6. The highest BCUT2D eigenvalue weighted by atomic mass is 19.1. The summed E-state index contributed by atoms with van der Waals surface area (Å²) < 4.78 is 18.9. The molecule has 5 nitrogen and oxygen atoms in total. The summed E-state index contributed by atoms with van der Waals surface area (Å²) in [5.41, 5.74) is 3.79. The van der Waals surface area contributed by atoms with Crippen molar-refractivity contribution in [3.8, 4) is 5.75 Å². The van der Waals surface area contributed by atoms with Crippen LogP contribution in [0.1, 0.15) is 34.7 Å². The van der Waals surface area contributed by atoms with Crippen LogP contribution >= 0.6 is 0 Å². The zero-order chi connectivity index (χ0) is 18.1. The molecular formula is C20H18FN3O2. The molecule has 4 rings (SSSR count). The highest BCUT2D eigenvalue weighted by molar-refractivity contribution is 5.94. The van der Waals surface area contributed by atoms with Crippen LogP contribution in [0.15, 0.2) is 48.5 Å². The summed E-state index contributed by atoms with van der Waals surface area (Å²) in [5, 5.41) is 9.89. The number of aromatic nitrogens is 2. The number of carbonyl (C=O) groups is 1. The van der Waals surface area contributed by atoms with Crippen molar-refractivity contribution in [1.82, 2.24) is 10.2 Å². The Morgan fingerprint density at radius 2 is 2.04 bits per heavy atom. The molecule has 0 aliphatic carbocycles. The Morgan fingerprint density at radius 1 is 1.23 bits per heavy atom. The van der Waals surface area contributed by atoms with E-state index in [2.05, 4.69) is 15.5 Å². The van der Waals surface area contributed by atoms with Crippen LogP contribution in [0.2, 0.25) is 0 Å². The Labute approximate surface area is 150 Å². The quantitative estimate of drug-likeness (QED) is 0.749. The summed E-state index contributed by atoms with van der Waals surface area (Å²) in [6, 6.07) is 14.0. The fourth-order valence-corrected chi connectivity index (χ4v) is 3.30. The zero-order valence-corrected chi connectivity index (χ0v) is 14.3. The van der Waals surface area contributed by atoms with Crippen LogP contribution < -0.4 is 10.1 Å². The summed E-state index contributed by atoms with van der Waals surface area (Å²) >= 11 is 0. The number of hydrogen-bond donors (Lipinski definition) is 2. The predicted octanol–water partition coefficient (Wildman–Crippen LogP) is 3.91. The minimum Gasteiger partial charge on any atom is -0.489 e. The SMILES string of the molecule is Cc1[nH]nc2c1C(c1ccc(OCc3cccc(F)c3)cc1)CC(=O)N2. The van der Waals surface area contributed by atoms with E-state index in [1.54, 1.807) is 6.07 Å². The third kappa shape index (κ3) is 3.18. The fourth-order valence-electron chi connectivity index (χ4n) is 3.30. The lowest BCUT2D eigenvalue weighted by Crippen LogP contribution is -2.23. The topological polar surface area (TPSA) is 67.0 Å². The second kappa shape index (κ2) is 6.63. The average molecular weight is 351 g/mol. The Balaban J connectivity index is 1.51. The lowest BCUT2D eigenvalue weighted by Gasteiger charge is -2.23. The van der Waals surface area contributed by atoms with E-state index in [1.165, 1.54) is 12.1 Å². The summed E-state index contributed by atoms with van der Waals surface area (Å²) in [7, 11) is 0. The summed E-state index contributed by atoms with van der Waals surface area (Å²) in [6.45, 7) is 2.25. The van der Waals surface area contributed by atoms with Crippen molar-refractivity contribution in [2.75, 3.05) is 5.32 Å². The monoisotopic (exact) mass is 351 g/mol. The van der Waals surface area contributed by atoms with Gasteiger partial charge in [-0.05, 0) is 42.3 Å². The van der Waals surface area contributed by atoms with Crippen molar-refractivity contribution < 1.29 is 13.9 Å². The van der Waals surface area contributed by atoms with Gasteiger partial charge in [0, 0.05) is 23.6 Å². The number of nitrogens with one attached hydrogen (secondary N) is 2. The van der Waals surface area contributed by atoms with Crippen LogP contribution in [-0.4, -0.2) is 16.1 Å². The number of halogens is 1. The van der Waals surface area contributed by atoms with Gasteiger partial charge in [-0.2, -0.15) is 5.10 Å². The molecule has 0 radical (unpaired) electrons. The van der Waals surface area contributed by atoms with E-state index in [9.17, 15) is 9.18 Å². The van der Waals surface area contributed by atoms with E-state index in [0.29, 0.717) is 24.6 Å². The molecule has 0 spiro atoms. The molecule has 1 unspecified atom stereocenters. The standard InChI is InChI=1S/C20H18FN3O2/c1-12-19-17(10-18(25)22-20(19)24-23-12)14-5-7-16(8-6-14)26-11-13-3-2-4-15(21)9-13/h2-9,17H,10-11H2,1H3,(H2,22,23,24,25). The number of aryl methyl sites for hydroxylation is 1. The Morgan fingerprint density at radius 3 is 2.81 bits per heavy atom. The molecule has 1 atom stereocenters. The van der Waals surface area contributed by atoms with Crippen LogP contribution in [0, 0.1) is 12.7 Å². The van der Waals surface area contributed by atoms with Crippen LogP contribution in [0.4, 0.5) is 10.2 Å². The van der Waals surface area contributed by atoms with Crippen molar-refractivity contribution >= 4 is 11.7 Å². The second-order valence-electron chi connectivity index (χ2n) is 6.40. The molecule has 0 saturated carbocycles. The molecular weight excluding hydrogens is 333 g/mol. The summed E-state index contributed by atoms with van der Waals surface area (Å²) in [5.74, 6) is 0.955. The third-order valence-electron chi connectivity index (χ3n) is 4.57. The van der Waals surface area contributed by atoms with Gasteiger partial charge in [0.15, 0.2) is 5.82 Å². The van der Waals surface area contributed by atoms with E-state index in [4.69, 9.17) is 4.74 Å². The molecule has 132 valence electrons. The van der Waals surface area contributed by atoms with Gasteiger partial charge in [-0.15, -0.1) is 0 Å². The molecule has 1 aliphatic heterocycles. The average Bonchev–Trinajstić information content (AvgIpc) is 3.00. The summed E-state index contributed by atoms with van der Waals surface area (Å²) in [4.78, 5) is 12.0. The van der Waals surface area contributed by atoms with Crippen molar-refractivity contribution in [2.24, 2.45) is 0 Å². The number of rotatable bonds is 4. The van der Waals surface area contributed by atoms with Gasteiger partial charge in [0.05, 0.1) is 0 Å². The van der Waals surface area contributed by atoms with Gasteiger partial charge in [0.1, 0.15) is 18.2 Å². The smallest absolute Gasteiger partial charge is 0.226 e. The summed E-state index contributed by atoms with van der Waals surface area (Å²) in [6.07, 6.45) is 0.386. The van der Waals surface area contributed by atoms with E-state index in [0.717, 1.165) is 22.4 Å². The maximum atomic E-state index is 13.2. The lowest BCUT2D eigenvalue weighted by atomic mass is 9.86. The van der Waals surface area contributed by atoms with E-state index in [1.807, 2.05) is 37.3 Å². The Kier molecular flexibility index (Phi) is 4.16. The third-order valence-corrected chi connectivity index (χ3v) is 4.57. The van der Waals surface area contributed by atoms with E-state index in [-0.39, 0.29) is 17.6 Å². The molecule has 6 heteroatoms. The largest absolute Gasteiger partial charge is 0.489 e. The Hall–Kier alpha value is -3.15. The van der Waals surface area contributed by atoms with Gasteiger partial charge in [0.25, 0.3) is 0 Å². The maximum absolute atomic E-state index is 13.2. The number of aromatic amines is 1. The highest BCUT2D eigenvalue weighted by Gasteiger charge is 2.30. The first-order valence-electron chi connectivity index (χ1n) is 8.42. The van der Waals surface area contributed by atoms with Crippen LogP contribution in [0.5, 0.6) is 5.75 Å². The van der Waals surface area contributed by atoms with Gasteiger partial charge in [-0.3, -0.25) is 9.89 Å². The highest BCUT2D eigenvalue weighted by Crippen LogP contribution is 2.38. The normalized spacial score (nSPS) is 16.1. The van der Waals surface area contributed by atoms with Crippen molar-refractivity contribution in [3.63, 3.8) is 0 Å². The molecule has 26 heavy (non-hydrogen) atoms. The molecule has 3 aromatic rings. The van der Waals surface area contributed by atoms with Gasteiger partial charge in [-0.25, -0.2) is 4.39 Å². The number of ether oxygens (including phenoxy) is 1. The van der Waals surface area contributed by atoms with Crippen LogP contribution in [0.3, 0.4) is 0 Å². The maximum Gasteiger partial charge on any atom is 0.226 e. The second-order valence-corrected chi connectivity index (χ2v) is 6.40. The number of hydrogen-bond acceptors (Lipinski definition) is 3. The molecule has 1 aromatic heterocycles. The van der Waals surface area contributed by atoms with E-state index < -0.39 is 0 Å². The van der Waals surface area contributed by atoms with Crippen LogP contribution in [-0.2, 0) is 11.4 Å². The number of benzene rings is 2. The molecule has 2 aromatic carbocycles. The fraction of sp³-hybridized carbons (Fsp3) is 0.200. The molecule has 0 saturated heterocycles. The number of H-pyrrole nitrogens is 1. The van der Waals surface area contributed by atoms with Gasteiger partial charge in [-0.1, -0.05) is 24.3 Å². The zero-order valence-electron chi connectivity index (χ0n) is 14.3. The number of anilines is 1. The van der Waals surface area contributed by atoms with Gasteiger partial charge < -0.3 is 10.1 Å². The van der Waals surface area contributed by atoms with Crippen molar-refractivity contribution in [3.05, 3.63) is 76.7 Å².